The van der Waals surface area contributed by atoms with Crippen LogP contribution in [0, 0.1) is 27.8 Å². The number of nitro benzene ring substituents is 1. The minimum atomic E-state index is -0.829. The zero-order valence-electron chi connectivity index (χ0n) is 13.0. The molecule has 132 valence electrons. The predicted molar refractivity (Wildman–Crippen MR) is 89.7 cm³/mol. The van der Waals surface area contributed by atoms with E-state index in [0.29, 0.717) is 24.9 Å². The summed E-state index contributed by atoms with van der Waals surface area (Å²) in [7, 11) is 0. The fourth-order valence-electron chi connectivity index (χ4n) is 3.52. The Hall–Kier alpha value is -1.93. The van der Waals surface area contributed by atoms with E-state index in [0.717, 1.165) is 38.1 Å². The van der Waals surface area contributed by atoms with E-state index in [1.54, 1.807) is 4.90 Å². The van der Waals surface area contributed by atoms with Gasteiger partial charge in [-0.1, -0.05) is 0 Å². The standard InChI is InChI=1S/C15H19FN4O3.ClH/c16-11-5-12(14(17)13(6-11)20(22)23)15(21)19-3-1-9-7-18-8-10(9)2-4-19;/h5-6,9-10,18H,1-4,7-8,17H2;1H/t9-,10+;. The van der Waals surface area contributed by atoms with Crippen molar-refractivity contribution in [1.82, 2.24) is 10.2 Å². The van der Waals surface area contributed by atoms with Crippen molar-refractivity contribution in [3.8, 4) is 0 Å². The number of benzene rings is 1. The molecule has 2 fully saturated rings. The van der Waals surface area contributed by atoms with Gasteiger partial charge in [-0.05, 0) is 43.8 Å². The number of hydrogen-bond donors (Lipinski definition) is 2. The number of likely N-dealkylation sites (tertiary alicyclic amines) is 1. The molecular formula is C15H20ClFN4O3. The normalized spacial score (nSPS) is 23.1. The predicted octanol–water partition coefficient (Wildman–Crippen LogP) is 1.81. The number of halogens is 2. The summed E-state index contributed by atoms with van der Waals surface area (Å²) in [5.74, 6) is -0.165. The lowest BCUT2D eigenvalue weighted by molar-refractivity contribution is -0.384. The number of rotatable bonds is 2. The van der Waals surface area contributed by atoms with Gasteiger partial charge in [0.2, 0.25) is 0 Å². The Bertz CT molecular complexity index is 644. The number of hydrogen-bond acceptors (Lipinski definition) is 5. The van der Waals surface area contributed by atoms with Gasteiger partial charge < -0.3 is 16.0 Å². The molecule has 0 saturated carbocycles. The Balaban J connectivity index is 0.00000208. The van der Waals surface area contributed by atoms with E-state index < -0.39 is 22.3 Å². The maximum Gasteiger partial charge on any atom is 0.295 e. The highest BCUT2D eigenvalue weighted by Gasteiger charge is 2.33. The first-order valence-electron chi connectivity index (χ1n) is 7.70. The van der Waals surface area contributed by atoms with Crippen LogP contribution in [0.4, 0.5) is 15.8 Å². The lowest BCUT2D eigenvalue weighted by Gasteiger charge is -2.21. The van der Waals surface area contributed by atoms with Crippen LogP contribution in [0.15, 0.2) is 12.1 Å². The Morgan fingerprint density at radius 1 is 1.29 bits per heavy atom. The Labute approximate surface area is 144 Å². The zero-order chi connectivity index (χ0) is 16.6. The van der Waals surface area contributed by atoms with E-state index >= 15 is 0 Å². The van der Waals surface area contributed by atoms with Crippen LogP contribution in [0.2, 0.25) is 0 Å². The average Bonchev–Trinajstić information content (AvgIpc) is 2.87. The third-order valence-electron chi connectivity index (χ3n) is 4.86. The van der Waals surface area contributed by atoms with Crippen molar-refractivity contribution in [1.29, 1.82) is 0 Å². The molecule has 0 aliphatic carbocycles. The Morgan fingerprint density at radius 2 is 1.88 bits per heavy atom. The van der Waals surface area contributed by atoms with Crippen LogP contribution < -0.4 is 11.1 Å². The van der Waals surface area contributed by atoms with Gasteiger partial charge in [0.25, 0.3) is 11.6 Å². The number of fused-ring (bicyclic) bond motifs is 1. The first kappa shape index (κ1) is 18.4. The van der Waals surface area contributed by atoms with Crippen molar-refractivity contribution in [3.05, 3.63) is 33.6 Å². The van der Waals surface area contributed by atoms with E-state index in [1.807, 2.05) is 0 Å². The van der Waals surface area contributed by atoms with Crippen molar-refractivity contribution < 1.29 is 14.1 Å². The van der Waals surface area contributed by atoms with Crippen LogP contribution in [-0.4, -0.2) is 41.9 Å². The highest BCUT2D eigenvalue weighted by atomic mass is 35.5. The number of nitrogen functional groups attached to an aromatic ring is 1. The molecule has 2 heterocycles. The van der Waals surface area contributed by atoms with Crippen LogP contribution >= 0.6 is 12.4 Å². The smallest absolute Gasteiger partial charge is 0.295 e. The number of anilines is 1. The second-order valence-corrected chi connectivity index (χ2v) is 6.19. The quantitative estimate of drug-likeness (QED) is 0.477. The van der Waals surface area contributed by atoms with E-state index in [4.69, 9.17) is 5.73 Å². The van der Waals surface area contributed by atoms with Crippen molar-refractivity contribution in [2.45, 2.75) is 12.8 Å². The minimum absolute atomic E-state index is 0. The number of carbonyl (C=O) groups excluding carboxylic acids is 1. The summed E-state index contributed by atoms with van der Waals surface area (Å²) in [4.78, 5) is 24.5. The minimum Gasteiger partial charge on any atom is -0.393 e. The molecule has 1 amide bonds. The SMILES string of the molecule is Cl.Nc1c(C(=O)N2CC[C@@H]3CNC[C@@H]3CC2)cc(F)cc1[N+](=O)[O-]. The molecule has 0 radical (unpaired) electrons. The fraction of sp³-hybridized carbons (Fsp3) is 0.533. The maximum absolute atomic E-state index is 13.6. The van der Waals surface area contributed by atoms with Gasteiger partial charge in [0.1, 0.15) is 11.5 Å². The van der Waals surface area contributed by atoms with Crippen molar-refractivity contribution in [3.63, 3.8) is 0 Å². The Morgan fingerprint density at radius 3 is 2.42 bits per heavy atom. The third-order valence-corrected chi connectivity index (χ3v) is 4.86. The monoisotopic (exact) mass is 358 g/mol. The summed E-state index contributed by atoms with van der Waals surface area (Å²) < 4.78 is 13.6. The van der Waals surface area contributed by atoms with Gasteiger partial charge in [0, 0.05) is 13.1 Å². The molecule has 2 atom stereocenters. The number of nitro groups is 1. The third kappa shape index (κ3) is 3.44. The molecule has 0 unspecified atom stereocenters. The molecule has 3 N–H and O–H groups in total. The van der Waals surface area contributed by atoms with Crippen LogP contribution in [-0.2, 0) is 0 Å². The highest BCUT2D eigenvalue weighted by Crippen LogP contribution is 2.31. The summed E-state index contributed by atoms with van der Waals surface area (Å²) >= 11 is 0. The van der Waals surface area contributed by atoms with Gasteiger partial charge >= 0.3 is 0 Å². The molecule has 24 heavy (non-hydrogen) atoms. The van der Waals surface area contributed by atoms with E-state index in [2.05, 4.69) is 5.32 Å². The van der Waals surface area contributed by atoms with E-state index in [1.165, 1.54) is 0 Å². The van der Waals surface area contributed by atoms with Gasteiger partial charge in [-0.25, -0.2) is 4.39 Å². The summed E-state index contributed by atoms with van der Waals surface area (Å²) in [5.41, 5.74) is 4.77. The summed E-state index contributed by atoms with van der Waals surface area (Å²) in [5, 5.41) is 14.3. The maximum atomic E-state index is 13.6. The molecule has 0 bridgehead atoms. The van der Waals surface area contributed by atoms with Crippen molar-refractivity contribution in [2.24, 2.45) is 11.8 Å². The van der Waals surface area contributed by atoms with Crippen LogP contribution in [0.1, 0.15) is 23.2 Å². The average molecular weight is 359 g/mol. The molecule has 1 aromatic carbocycles. The van der Waals surface area contributed by atoms with Gasteiger partial charge in [-0.15, -0.1) is 12.4 Å². The van der Waals surface area contributed by atoms with E-state index in [9.17, 15) is 19.3 Å². The molecule has 2 aliphatic rings. The van der Waals surface area contributed by atoms with Gasteiger partial charge in [-0.2, -0.15) is 0 Å². The molecule has 2 saturated heterocycles. The first-order valence-corrected chi connectivity index (χ1v) is 7.70. The largest absolute Gasteiger partial charge is 0.393 e. The second kappa shape index (κ2) is 7.31. The molecule has 9 heteroatoms. The molecular weight excluding hydrogens is 339 g/mol. The molecule has 2 aliphatic heterocycles. The summed E-state index contributed by atoms with van der Waals surface area (Å²) in [6.45, 7) is 3.04. The molecule has 7 nitrogen and oxygen atoms in total. The topological polar surface area (TPSA) is 102 Å². The van der Waals surface area contributed by atoms with E-state index in [-0.39, 0.29) is 23.7 Å². The first-order chi connectivity index (χ1) is 11.0. The Kier molecular flexibility index (Phi) is 5.61. The molecule has 0 spiro atoms. The number of carbonyl (C=O) groups is 1. The van der Waals surface area contributed by atoms with Crippen LogP contribution in [0.25, 0.3) is 0 Å². The zero-order valence-corrected chi connectivity index (χ0v) is 13.9. The highest BCUT2D eigenvalue weighted by molar-refractivity contribution is 6.01. The van der Waals surface area contributed by atoms with Gasteiger partial charge in [0.15, 0.2) is 0 Å². The van der Waals surface area contributed by atoms with Gasteiger partial charge in [0.05, 0.1) is 16.6 Å². The van der Waals surface area contributed by atoms with Crippen molar-refractivity contribution >= 4 is 29.7 Å². The lowest BCUT2D eigenvalue weighted by atomic mass is 9.92. The van der Waals surface area contributed by atoms with Crippen LogP contribution in [0.3, 0.4) is 0 Å². The number of nitrogens with two attached hydrogens (primary N) is 1. The number of nitrogens with one attached hydrogen (secondary N) is 1. The molecule has 3 rings (SSSR count). The fourth-order valence-corrected chi connectivity index (χ4v) is 3.52. The summed E-state index contributed by atoms with van der Waals surface area (Å²) in [6.07, 6.45) is 1.75. The summed E-state index contributed by atoms with van der Waals surface area (Å²) in [6, 6.07) is 1.72. The lowest BCUT2D eigenvalue weighted by Crippen LogP contribution is -2.33. The molecule has 1 aromatic rings. The van der Waals surface area contributed by atoms with Gasteiger partial charge in [-0.3, -0.25) is 14.9 Å². The van der Waals surface area contributed by atoms with Crippen molar-refractivity contribution in [2.75, 3.05) is 31.9 Å². The second-order valence-electron chi connectivity index (χ2n) is 6.19. The molecule has 0 aromatic heterocycles. The van der Waals surface area contributed by atoms with Crippen LogP contribution in [0.5, 0.6) is 0 Å². The number of amides is 1. The number of nitrogens with zero attached hydrogens (tertiary/aromatic N) is 2.